The van der Waals surface area contributed by atoms with Gasteiger partial charge in [0.2, 0.25) is 0 Å². The van der Waals surface area contributed by atoms with Crippen molar-refractivity contribution in [2.24, 2.45) is 23.7 Å². The number of piperazine rings is 1. The first-order chi connectivity index (χ1) is 16.6. The molecule has 1 heterocycles. The van der Waals surface area contributed by atoms with Gasteiger partial charge in [0.1, 0.15) is 11.9 Å². The van der Waals surface area contributed by atoms with Crippen LogP contribution >= 0.6 is 0 Å². The van der Waals surface area contributed by atoms with Crippen molar-refractivity contribution in [3.05, 3.63) is 41.8 Å². The molecular weight excluding hydrogens is 440 g/mol. The molecule has 4 rings (SSSR count). The van der Waals surface area contributed by atoms with Gasteiger partial charge in [0.05, 0.1) is 18.4 Å². The molecule has 6 heteroatoms. The van der Waals surface area contributed by atoms with E-state index in [4.69, 9.17) is 9.47 Å². The number of aliphatic hydroxyl groups is 1. The van der Waals surface area contributed by atoms with Crippen LogP contribution < -0.4 is 9.64 Å². The summed E-state index contributed by atoms with van der Waals surface area (Å²) in [5.74, 6) is 1.70. The molecule has 1 N–H and O–H groups in total. The molecule has 6 atom stereocenters. The van der Waals surface area contributed by atoms with E-state index in [1.807, 2.05) is 13.3 Å². The van der Waals surface area contributed by atoms with Crippen LogP contribution in [-0.4, -0.2) is 67.5 Å². The van der Waals surface area contributed by atoms with Crippen molar-refractivity contribution in [2.75, 3.05) is 44.7 Å². The molecule has 3 aliphatic rings. The number of anilines is 1. The van der Waals surface area contributed by atoms with E-state index in [0.717, 1.165) is 56.9 Å². The van der Waals surface area contributed by atoms with Gasteiger partial charge in [-0.1, -0.05) is 26.0 Å². The van der Waals surface area contributed by atoms with Crippen molar-refractivity contribution >= 4 is 11.7 Å². The average Bonchev–Trinajstić information content (AvgIpc) is 2.81. The predicted octanol–water partition coefficient (Wildman–Crippen LogP) is 4.25. The molecule has 0 spiro atoms. The van der Waals surface area contributed by atoms with Gasteiger partial charge in [-0.15, -0.1) is 0 Å². The lowest BCUT2D eigenvalue weighted by Crippen LogP contribution is -2.57. The zero-order chi connectivity index (χ0) is 25.3. The summed E-state index contributed by atoms with van der Waals surface area (Å²) in [4.78, 5) is 16.6. The fraction of sp³-hybridized carbons (Fsp3) is 0.655. The number of rotatable bonds is 6. The molecular formula is C29H43N2O4. The predicted molar refractivity (Wildman–Crippen MR) is 139 cm³/mol. The van der Waals surface area contributed by atoms with E-state index in [1.165, 1.54) is 18.2 Å². The molecule has 2 fully saturated rings. The first-order valence-electron chi connectivity index (χ1n) is 13.2. The fourth-order valence-electron chi connectivity index (χ4n) is 6.51. The Kier molecular flexibility index (Phi) is 7.82. The Balaban J connectivity index is 1.41. The van der Waals surface area contributed by atoms with Gasteiger partial charge >= 0.3 is 5.97 Å². The molecule has 6 nitrogen and oxygen atoms in total. The molecule has 1 saturated carbocycles. The third kappa shape index (κ3) is 5.39. The summed E-state index contributed by atoms with van der Waals surface area (Å²) in [5, 5.41) is 11.8. The maximum Gasteiger partial charge on any atom is 0.303 e. The molecule has 0 aromatic heterocycles. The highest BCUT2D eigenvalue weighted by Gasteiger charge is 2.53. The Hall–Kier alpha value is -2.05. The summed E-state index contributed by atoms with van der Waals surface area (Å²) in [6.07, 6.45) is 5.78. The molecule has 35 heavy (non-hydrogen) atoms. The Bertz CT molecular complexity index is 939. The van der Waals surface area contributed by atoms with Crippen LogP contribution in [-0.2, 0) is 9.53 Å². The van der Waals surface area contributed by atoms with Crippen molar-refractivity contribution in [1.82, 2.24) is 4.90 Å². The molecule has 1 aromatic rings. The molecule has 2 aliphatic carbocycles. The van der Waals surface area contributed by atoms with Crippen LogP contribution in [0.4, 0.5) is 5.69 Å². The third-order valence-corrected chi connectivity index (χ3v) is 8.64. The van der Waals surface area contributed by atoms with E-state index in [-0.39, 0.29) is 17.8 Å². The molecule has 193 valence electrons. The fourth-order valence-corrected chi connectivity index (χ4v) is 6.51. The second-order valence-electron chi connectivity index (χ2n) is 11.1. The maximum absolute atomic E-state index is 11.8. The van der Waals surface area contributed by atoms with Crippen molar-refractivity contribution in [3.8, 4) is 5.75 Å². The Morgan fingerprint density at radius 2 is 1.91 bits per heavy atom. The summed E-state index contributed by atoms with van der Waals surface area (Å²) in [6, 6.07) is 6.38. The number of carbonyl (C=O) groups excluding carboxylic acids is 1. The van der Waals surface area contributed by atoms with Gasteiger partial charge in [-0.05, 0) is 67.7 Å². The SMILES string of the molecule is COc1ccc(C)cc1N1CCN(CC(C)[C@@H]2CC[C@@H](C)[C@]3(O)[CH][C@@H](OC(C)=O)C(C)=C[C@H]23)CC1. The van der Waals surface area contributed by atoms with Crippen LogP contribution in [0.2, 0.25) is 0 Å². The van der Waals surface area contributed by atoms with Crippen molar-refractivity contribution in [1.29, 1.82) is 0 Å². The Labute approximate surface area is 211 Å². The zero-order valence-corrected chi connectivity index (χ0v) is 22.3. The second-order valence-corrected chi connectivity index (χ2v) is 11.1. The maximum atomic E-state index is 11.8. The normalized spacial score (nSPS) is 32.4. The van der Waals surface area contributed by atoms with Crippen LogP contribution in [0.3, 0.4) is 0 Å². The molecule has 1 radical (unpaired) electrons. The second kappa shape index (κ2) is 10.5. The number of carbonyl (C=O) groups is 1. The summed E-state index contributed by atoms with van der Waals surface area (Å²) >= 11 is 0. The van der Waals surface area contributed by atoms with Crippen LogP contribution in [0.1, 0.15) is 46.1 Å². The van der Waals surface area contributed by atoms with Gasteiger partial charge in [-0.25, -0.2) is 0 Å². The summed E-state index contributed by atoms with van der Waals surface area (Å²) < 4.78 is 11.1. The minimum atomic E-state index is -0.933. The summed E-state index contributed by atoms with van der Waals surface area (Å²) in [5.41, 5.74) is 2.53. The van der Waals surface area contributed by atoms with Gasteiger partial charge in [-0.3, -0.25) is 9.69 Å². The monoisotopic (exact) mass is 483 g/mol. The van der Waals surface area contributed by atoms with Crippen LogP contribution in [0, 0.1) is 37.0 Å². The minimum absolute atomic E-state index is 0.0610. The van der Waals surface area contributed by atoms with Gasteiger partial charge in [-0.2, -0.15) is 0 Å². The quantitative estimate of drug-likeness (QED) is 0.482. The van der Waals surface area contributed by atoms with Crippen molar-refractivity contribution < 1.29 is 19.4 Å². The summed E-state index contributed by atoms with van der Waals surface area (Å²) in [7, 11) is 1.74. The molecule has 0 bridgehead atoms. The Morgan fingerprint density at radius 3 is 2.57 bits per heavy atom. The number of hydrogen-bond donors (Lipinski definition) is 1. The number of fused-ring (bicyclic) bond motifs is 1. The lowest BCUT2D eigenvalue weighted by Gasteiger charge is -2.53. The highest BCUT2D eigenvalue weighted by atomic mass is 16.5. The number of benzene rings is 1. The van der Waals surface area contributed by atoms with Crippen molar-refractivity contribution in [2.45, 2.75) is 59.2 Å². The first kappa shape index (κ1) is 26.0. The number of methoxy groups -OCH3 is 1. The standard InChI is InChI=1S/C29H43N2O4/c1-19-7-10-27(34-6)26(15-19)31-13-11-30(12-14-31)18-21(3)24-9-8-22(4)29(33)17-28(35-23(5)32)20(2)16-25(24)29/h7,10,15-17,21-22,24-25,28,33H,8-9,11-14,18H2,1-6H3/t21?,22-,24+,25-,28-,29-/m1/s1. The van der Waals surface area contributed by atoms with Crippen LogP contribution in [0.15, 0.2) is 29.8 Å². The first-order valence-corrected chi connectivity index (χ1v) is 13.2. The average molecular weight is 484 g/mol. The molecule has 0 amide bonds. The van der Waals surface area contributed by atoms with Gasteiger partial charge in [0.15, 0.2) is 0 Å². The minimum Gasteiger partial charge on any atom is -0.495 e. The van der Waals surface area contributed by atoms with Gasteiger partial charge in [0, 0.05) is 52.0 Å². The lowest BCUT2D eigenvalue weighted by atomic mass is 9.57. The third-order valence-electron chi connectivity index (χ3n) is 8.64. The molecule has 1 saturated heterocycles. The van der Waals surface area contributed by atoms with E-state index in [0.29, 0.717) is 11.8 Å². The number of esters is 1. The van der Waals surface area contributed by atoms with E-state index in [2.05, 4.69) is 54.8 Å². The highest BCUT2D eigenvalue weighted by molar-refractivity contribution is 5.67. The number of ether oxygens (including phenoxy) is 2. The molecule has 1 unspecified atom stereocenters. The van der Waals surface area contributed by atoms with E-state index in [9.17, 15) is 9.90 Å². The number of aryl methyl sites for hydroxylation is 1. The zero-order valence-electron chi connectivity index (χ0n) is 22.3. The van der Waals surface area contributed by atoms with E-state index in [1.54, 1.807) is 7.11 Å². The number of nitrogens with zero attached hydrogens (tertiary/aromatic N) is 2. The van der Waals surface area contributed by atoms with Gasteiger partial charge in [0.25, 0.3) is 0 Å². The molecule has 1 aliphatic heterocycles. The van der Waals surface area contributed by atoms with E-state index >= 15 is 0 Å². The van der Waals surface area contributed by atoms with Crippen LogP contribution in [0.5, 0.6) is 5.75 Å². The van der Waals surface area contributed by atoms with Crippen molar-refractivity contribution in [3.63, 3.8) is 0 Å². The summed E-state index contributed by atoms with van der Waals surface area (Å²) in [6.45, 7) is 15.1. The van der Waals surface area contributed by atoms with E-state index < -0.39 is 11.7 Å². The molecule has 1 aromatic carbocycles. The smallest absolute Gasteiger partial charge is 0.303 e. The highest BCUT2D eigenvalue weighted by Crippen LogP contribution is 2.51. The largest absolute Gasteiger partial charge is 0.495 e. The number of hydrogen-bond acceptors (Lipinski definition) is 6. The lowest BCUT2D eigenvalue weighted by molar-refractivity contribution is -0.148. The van der Waals surface area contributed by atoms with Crippen LogP contribution in [0.25, 0.3) is 0 Å². The van der Waals surface area contributed by atoms with Gasteiger partial charge < -0.3 is 19.5 Å². The Morgan fingerprint density at radius 1 is 1.20 bits per heavy atom. The topological polar surface area (TPSA) is 62.2 Å².